The maximum Gasteiger partial charge on any atom is 0.132 e. The fourth-order valence-corrected chi connectivity index (χ4v) is 5.45. The van der Waals surface area contributed by atoms with Gasteiger partial charge in [-0.25, -0.2) is 0 Å². The summed E-state index contributed by atoms with van der Waals surface area (Å²) in [7, 11) is 2.19. The quantitative estimate of drug-likeness (QED) is 0.724. The van der Waals surface area contributed by atoms with E-state index < -0.39 is 0 Å². The minimum absolute atomic E-state index is 0.293. The molecule has 1 unspecified atom stereocenters. The van der Waals surface area contributed by atoms with Gasteiger partial charge < -0.3 is 14.7 Å². The van der Waals surface area contributed by atoms with Crippen LogP contribution in [0.2, 0.25) is 0 Å². The zero-order valence-electron chi connectivity index (χ0n) is 15.7. The molecule has 0 amide bonds. The lowest BCUT2D eigenvalue weighted by Crippen LogP contribution is -2.30. The molecule has 5 rings (SSSR count). The number of aromatic nitrogens is 2. The van der Waals surface area contributed by atoms with Crippen molar-refractivity contribution in [2.24, 2.45) is 0 Å². The van der Waals surface area contributed by atoms with Gasteiger partial charge >= 0.3 is 0 Å². The second-order valence-corrected chi connectivity index (χ2v) is 8.64. The number of ether oxygens (including phenoxy) is 1. The smallest absolute Gasteiger partial charge is 0.132 e. The minimum atomic E-state index is 0.293. The number of benzene rings is 1. The number of fused-ring (bicyclic) bond motifs is 2. The molecule has 0 radical (unpaired) electrons. The van der Waals surface area contributed by atoms with E-state index in [4.69, 9.17) is 4.74 Å². The highest BCUT2D eigenvalue weighted by Gasteiger charge is 2.25. The number of aromatic hydroxyl groups is 1. The fraction of sp³-hybridized carbons (Fsp3) is 0.429. The van der Waals surface area contributed by atoms with Crippen LogP contribution < -0.4 is 4.74 Å². The van der Waals surface area contributed by atoms with Gasteiger partial charge in [-0.15, -0.1) is 21.5 Å². The average Bonchev–Trinajstić information content (AvgIpc) is 3.28. The van der Waals surface area contributed by atoms with Gasteiger partial charge in [-0.3, -0.25) is 0 Å². The Hall–Kier alpha value is -2.18. The standard InChI is InChI=1S/C21H23N3O2S/c1-12-8-17-14(5-7-26-17)21(25)19(12)16-9-18-20(23-22-16)15(11-27-18)13-4-3-6-24(2)10-13/h8-9,11,13,25H,3-7,10H2,1-2H3. The number of phenols is 1. The van der Waals surface area contributed by atoms with Crippen molar-refractivity contribution in [2.45, 2.75) is 32.1 Å². The Bertz CT molecular complexity index is 1030. The summed E-state index contributed by atoms with van der Waals surface area (Å²) in [5, 5.41) is 22.2. The predicted octanol–water partition coefficient (Wildman–Crippen LogP) is 4.12. The Balaban J connectivity index is 1.57. The number of aryl methyl sites for hydroxylation is 1. The number of likely N-dealkylation sites (tertiary alicyclic amines) is 1. The molecule has 0 bridgehead atoms. The van der Waals surface area contributed by atoms with Gasteiger partial charge in [0.2, 0.25) is 0 Å². The van der Waals surface area contributed by atoms with Crippen LogP contribution in [0, 0.1) is 6.92 Å². The van der Waals surface area contributed by atoms with E-state index in [0.717, 1.165) is 51.3 Å². The van der Waals surface area contributed by atoms with Gasteiger partial charge in [0.15, 0.2) is 0 Å². The Morgan fingerprint density at radius 1 is 1.30 bits per heavy atom. The third-order valence-electron chi connectivity index (χ3n) is 5.84. The number of piperidine rings is 1. The van der Waals surface area contributed by atoms with E-state index in [2.05, 4.69) is 33.6 Å². The number of hydrogen-bond acceptors (Lipinski definition) is 6. The number of phenolic OH excluding ortho intramolecular Hbond substituents is 1. The molecule has 1 saturated heterocycles. The molecular formula is C21H23N3O2S. The third-order valence-corrected chi connectivity index (χ3v) is 6.77. The van der Waals surface area contributed by atoms with Crippen molar-refractivity contribution in [1.82, 2.24) is 15.1 Å². The molecule has 2 aliphatic heterocycles. The summed E-state index contributed by atoms with van der Waals surface area (Å²) in [5.74, 6) is 1.62. The third kappa shape index (κ3) is 2.78. The van der Waals surface area contributed by atoms with Crippen molar-refractivity contribution in [1.29, 1.82) is 0 Å². The number of hydrogen-bond donors (Lipinski definition) is 1. The van der Waals surface area contributed by atoms with E-state index in [1.54, 1.807) is 11.3 Å². The van der Waals surface area contributed by atoms with Crippen LogP contribution in [-0.4, -0.2) is 46.9 Å². The van der Waals surface area contributed by atoms with Crippen LogP contribution >= 0.6 is 11.3 Å². The normalized spacial score (nSPS) is 20.0. The zero-order valence-corrected chi connectivity index (χ0v) is 16.5. The summed E-state index contributed by atoms with van der Waals surface area (Å²) in [6, 6.07) is 4.08. The van der Waals surface area contributed by atoms with Crippen LogP contribution in [0.25, 0.3) is 21.5 Å². The van der Waals surface area contributed by atoms with E-state index in [9.17, 15) is 5.11 Å². The van der Waals surface area contributed by atoms with Crippen LogP contribution in [0.5, 0.6) is 11.5 Å². The lowest BCUT2D eigenvalue weighted by atomic mass is 9.92. The molecule has 0 aliphatic carbocycles. The van der Waals surface area contributed by atoms with Crippen molar-refractivity contribution in [3.05, 3.63) is 34.2 Å². The Morgan fingerprint density at radius 2 is 2.19 bits per heavy atom. The number of likely N-dealkylation sites (N-methyl/N-ethyl adjacent to an activating group) is 1. The molecule has 6 heteroatoms. The van der Waals surface area contributed by atoms with Crippen LogP contribution in [0.4, 0.5) is 0 Å². The summed E-state index contributed by atoms with van der Waals surface area (Å²) in [6.07, 6.45) is 3.18. The molecule has 1 fully saturated rings. The molecule has 1 atom stereocenters. The number of thiophene rings is 1. The first-order valence-corrected chi connectivity index (χ1v) is 10.4. The topological polar surface area (TPSA) is 58.5 Å². The lowest BCUT2D eigenvalue weighted by Gasteiger charge is -2.29. The Morgan fingerprint density at radius 3 is 3.04 bits per heavy atom. The van der Waals surface area contributed by atoms with Gasteiger partial charge in [0, 0.05) is 24.1 Å². The average molecular weight is 382 g/mol. The van der Waals surface area contributed by atoms with Gasteiger partial charge in [0.1, 0.15) is 17.0 Å². The van der Waals surface area contributed by atoms with Gasteiger partial charge in [0.25, 0.3) is 0 Å². The molecule has 27 heavy (non-hydrogen) atoms. The number of rotatable bonds is 2. The molecule has 2 aliphatic rings. The minimum Gasteiger partial charge on any atom is -0.507 e. The van der Waals surface area contributed by atoms with Crippen LogP contribution in [0.1, 0.15) is 35.4 Å². The Labute approximate surface area is 162 Å². The number of nitrogens with zero attached hydrogens (tertiary/aromatic N) is 3. The highest BCUT2D eigenvalue weighted by atomic mass is 32.1. The predicted molar refractivity (Wildman–Crippen MR) is 108 cm³/mol. The van der Waals surface area contributed by atoms with Crippen molar-refractivity contribution < 1.29 is 9.84 Å². The molecule has 1 aromatic carbocycles. The van der Waals surface area contributed by atoms with Crippen LogP contribution in [-0.2, 0) is 6.42 Å². The van der Waals surface area contributed by atoms with E-state index in [-0.39, 0.29) is 0 Å². The molecule has 140 valence electrons. The fourth-order valence-electron chi connectivity index (χ4n) is 4.45. The molecule has 3 aromatic rings. The van der Waals surface area contributed by atoms with Gasteiger partial charge in [-0.05, 0) is 67.9 Å². The van der Waals surface area contributed by atoms with E-state index in [0.29, 0.717) is 18.3 Å². The second kappa shape index (κ2) is 6.46. The van der Waals surface area contributed by atoms with E-state index >= 15 is 0 Å². The van der Waals surface area contributed by atoms with E-state index in [1.165, 1.54) is 24.9 Å². The molecule has 4 heterocycles. The first-order valence-electron chi connectivity index (χ1n) is 9.54. The SMILES string of the molecule is Cc1cc2c(c(O)c1-c1cc3scc(C4CCCN(C)C4)c3nn1)CCO2. The van der Waals surface area contributed by atoms with Gasteiger partial charge in [-0.2, -0.15) is 0 Å². The summed E-state index contributed by atoms with van der Waals surface area (Å²) in [5.41, 5.74) is 5.71. The first kappa shape index (κ1) is 17.0. The largest absolute Gasteiger partial charge is 0.507 e. The zero-order chi connectivity index (χ0) is 18.5. The molecule has 5 nitrogen and oxygen atoms in total. The van der Waals surface area contributed by atoms with Crippen LogP contribution in [0.15, 0.2) is 17.5 Å². The summed E-state index contributed by atoms with van der Waals surface area (Å²) in [6.45, 7) is 4.87. The van der Waals surface area contributed by atoms with Crippen molar-refractivity contribution in [2.75, 3.05) is 26.7 Å². The van der Waals surface area contributed by atoms with Crippen molar-refractivity contribution in [3.8, 4) is 22.8 Å². The van der Waals surface area contributed by atoms with Gasteiger partial charge in [-0.1, -0.05) is 0 Å². The maximum absolute atomic E-state index is 10.8. The van der Waals surface area contributed by atoms with Gasteiger partial charge in [0.05, 0.1) is 17.0 Å². The molecule has 0 spiro atoms. The monoisotopic (exact) mass is 381 g/mol. The summed E-state index contributed by atoms with van der Waals surface area (Å²) < 4.78 is 6.74. The first-order chi connectivity index (χ1) is 13.1. The summed E-state index contributed by atoms with van der Waals surface area (Å²) >= 11 is 1.73. The van der Waals surface area contributed by atoms with E-state index in [1.807, 2.05) is 13.0 Å². The molecular weight excluding hydrogens is 358 g/mol. The second-order valence-electron chi connectivity index (χ2n) is 7.73. The molecule has 2 aromatic heterocycles. The highest BCUT2D eigenvalue weighted by Crippen LogP contribution is 2.43. The maximum atomic E-state index is 10.8. The van der Waals surface area contributed by atoms with Crippen LogP contribution in [0.3, 0.4) is 0 Å². The summed E-state index contributed by atoms with van der Waals surface area (Å²) in [4.78, 5) is 2.40. The van der Waals surface area contributed by atoms with Crippen molar-refractivity contribution >= 4 is 21.6 Å². The van der Waals surface area contributed by atoms with Crippen molar-refractivity contribution in [3.63, 3.8) is 0 Å². The molecule has 1 N–H and O–H groups in total. The Kier molecular flexibility index (Phi) is 4.06. The highest BCUT2D eigenvalue weighted by molar-refractivity contribution is 7.17. The molecule has 0 saturated carbocycles. The lowest BCUT2D eigenvalue weighted by molar-refractivity contribution is 0.251.